The number of hydrogen-bond acceptors (Lipinski definition) is 3. The van der Waals surface area contributed by atoms with Crippen LogP contribution in [-0.2, 0) is 16.6 Å². The normalized spacial score (nSPS) is 11.4. The molecule has 0 spiro atoms. The van der Waals surface area contributed by atoms with E-state index in [0.29, 0.717) is 12.5 Å². The van der Waals surface area contributed by atoms with Crippen molar-refractivity contribution in [1.82, 2.24) is 20.5 Å². The number of benzene rings is 1. The number of amides is 1. The monoisotopic (exact) mass is 537 g/mol. The molecule has 0 bridgehead atoms. The minimum Gasteiger partial charge on any atom is -0.356 e. The van der Waals surface area contributed by atoms with Gasteiger partial charge in [0.2, 0.25) is 5.91 Å². The molecule has 1 aromatic carbocycles. The van der Waals surface area contributed by atoms with Gasteiger partial charge in [-0.3, -0.25) is 14.8 Å². The summed E-state index contributed by atoms with van der Waals surface area (Å²) in [5.41, 5.74) is 2.34. The number of hydrogen-bond donors (Lipinski definition) is 2. The van der Waals surface area contributed by atoms with Crippen LogP contribution in [0.5, 0.6) is 0 Å². The van der Waals surface area contributed by atoms with E-state index in [0.717, 1.165) is 31.5 Å². The largest absolute Gasteiger partial charge is 0.356 e. The van der Waals surface area contributed by atoms with Gasteiger partial charge >= 0.3 is 0 Å². The number of guanidine groups is 1. The summed E-state index contributed by atoms with van der Waals surface area (Å²) in [4.78, 5) is 22.8. The molecule has 1 aromatic heterocycles. The molecule has 0 aliphatic heterocycles. The van der Waals surface area contributed by atoms with Crippen LogP contribution < -0.4 is 10.6 Å². The summed E-state index contributed by atoms with van der Waals surface area (Å²) in [5, 5.41) is 6.57. The molecule has 0 saturated heterocycles. The van der Waals surface area contributed by atoms with Crippen molar-refractivity contribution in [3.63, 3.8) is 0 Å². The number of likely N-dealkylation sites (N-methyl/N-ethyl adjacent to an activating group) is 1. The van der Waals surface area contributed by atoms with E-state index in [4.69, 9.17) is 0 Å². The maximum absolute atomic E-state index is 12.5. The third-order valence-electron chi connectivity index (χ3n) is 5.82. The quantitative estimate of drug-likeness (QED) is 0.276. The van der Waals surface area contributed by atoms with Crippen molar-refractivity contribution in [3.8, 4) is 0 Å². The van der Waals surface area contributed by atoms with Gasteiger partial charge in [0, 0.05) is 50.9 Å². The molecule has 170 valence electrons. The molecule has 7 heteroatoms. The Morgan fingerprint density at radius 3 is 2.32 bits per heavy atom. The Morgan fingerprint density at radius 1 is 1.06 bits per heavy atom. The summed E-state index contributed by atoms with van der Waals surface area (Å²) in [7, 11) is 3.55. The van der Waals surface area contributed by atoms with Crippen molar-refractivity contribution >= 4 is 35.8 Å². The molecule has 2 N–H and O–H groups in total. The van der Waals surface area contributed by atoms with Gasteiger partial charge in [-0.15, -0.1) is 24.0 Å². The standard InChI is InChI=1S/C24H35N5O.HI/c1-5-24(6-2,20-12-8-7-9-13-20)19-28-23(25-3)27-18-22(30)29(4)17-15-21-14-10-11-16-26-21;/h7-14,16H,5-6,15,17-19H2,1-4H3,(H2,25,27,28);1H. The molecular formula is C24H36IN5O. The van der Waals surface area contributed by atoms with Gasteiger partial charge < -0.3 is 15.5 Å². The van der Waals surface area contributed by atoms with Gasteiger partial charge in [-0.1, -0.05) is 50.2 Å². The molecule has 0 fully saturated rings. The number of halogens is 1. The second kappa shape index (κ2) is 14.0. The van der Waals surface area contributed by atoms with Crippen LogP contribution in [0.15, 0.2) is 59.7 Å². The first-order valence-electron chi connectivity index (χ1n) is 10.7. The van der Waals surface area contributed by atoms with Gasteiger partial charge in [0.25, 0.3) is 0 Å². The van der Waals surface area contributed by atoms with Crippen molar-refractivity contribution < 1.29 is 4.79 Å². The molecule has 0 unspecified atom stereocenters. The Kier molecular flexibility index (Phi) is 12.1. The molecule has 0 atom stereocenters. The predicted octanol–water partition coefficient (Wildman–Crippen LogP) is 3.62. The molecule has 0 saturated carbocycles. The molecule has 0 aliphatic rings. The first-order valence-corrected chi connectivity index (χ1v) is 10.7. The van der Waals surface area contributed by atoms with Gasteiger partial charge in [0.15, 0.2) is 5.96 Å². The van der Waals surface area contributed by atoms with E-state index in [9.17, 15) is 4.79 Å². The molecule has 2 rings (SSSR count). The van der Waals surface area contributed by atoms with E-state index in [2.05, 4.69) is 58.7 Å². The van der Waals surface area contributed by atoms with Crippen LogP contribution in [0.2, 0.25) is 0 Å². The number of carbonyl (C=O) groups excluding carboxylic acids is 1. The highest BCUT2D eigenvalue weighted by Gasteiger charge is 2.28. The Bertz CT molecular complexity index is 794. The van der Waals surface area contributed by atoms with Crippen LogP contribution in [0.25, 0.3) is 0 Å². The van der Waals surface area contributed by atoms with Crippen molar-refractivity contribution in [1.29, 1.82) is 0 Å². The van der Waals surface area contributed by atoms with Crippen LogP contribution >= 0.6 is 24.0 Å². The fourth-order valence-electron chi connectivity index (χ4n) is 3.52. The van der Waals surface area contributed by atoms with Crippen LogP contribution in [0, 0.1) is 0 Å². The van der Waals surface area contributed by atoms with Crippen molar-refractivity contribution in [2.45, 2.75) is 38.5 Å². The van der Waals surface area contributed by atoms with Gasteiger partial charge in [-0.2, -0.15) is 0 Å². The molecule has 1 heterocycles. The number of pyridine rings is 1. The zero-order valence-electron chi connectivity index (χ0n) is 19.1. The third-order valence-corrected chi connectivity index (χ3v) is 5.82. The molecular weight excluding hydrogens is 501 g/mol. The number of rotatable bonds is 10. The third kappa shape index (κ3) is 8.12. The van der Waals surface area contributed by atoms with E-state index >= 15 is 0 Å². The predicted molar refractivity (Wildman–Crippen MR) is 139 cm³/mol. The summed E-state index contributed by atoms with van der Waals surface area (Å²) in [6, 6.07) is 16.4. The highest BCUT2D eigenvalue weighted by molar-refractivity contribution is 14.0. The Labute approximate surface area is 204 Å². The van der Waals surface area contributed by atoms with Gasteiger partial charge in [0.1, 0.15) is 0 Å². The first-order chi connectivity index (χ1) is 14.5. The van der Waals surface area contributed by atoms with Crippen molar-refractivity contribution in [2.75, 3.05) is 33.7 Å². The van der Waals surface area contributed by atoms with E-state index in [1.54, 1.807) is 18.1 Å². The maximum atomic E-state index is 12.5. The second-order valence-corrected chi connectivity index (χ2v) is 7.52. The summed E-state index contributed by atoms with van der Waals surface area (Å²) in [5.74, 6) is 0.665. The van der Waals surface area contributed by atoms with E-state index in [1.165, 1.54) is 5.56 Å². The molecule has 2 aromatic rings. The van der Waals surface area contributed by atoms with Crippen molar-refractivity contribution in [2.24, 2.45) is 4.99 Å². The molecule has 1 amide bonds. The fourth-order valence-corrected chi connectivity index (χ4v) is 3.52. The lowest BCUT2D eigenvalue weighted by atomic mass is 9.76. The van der Waals surface area contributed by atoms with Gasteiger partial charge in [-0.05, 0) is 30.5 Å². The van der Waals surface area contributed by atoms with Crippen LogP contribution in [0.1, 0.15) is 37.9 Å². The summed E-state index contributed by atoms with van der Waals surface area (Å²) >= 11 is 0. The number of nitrogens with zero attached hydrogens (tertiary/aromatic N) is 3. The number of aliphatic imine (C=N–C) groups is 1. The Balaban J connectivity index is 0.00000480. The average Bonchev–Trinajstić information content (AvgIpc) is 2.81. The molecule has 31 heavy (non-hydrogen) atoms. The number of aromatic nitrogens is 1. The van der Waals surface area contributed by atoms with Gasteiger partial charge in [0.05, 0.1) is 6.54 Å². The molecule has 0 radical (unpaired) electrons. The summed E-state index contributed by atoms with van der Waals surface area (Å²) in [6.45, 7) is 6.03. The minimum atomic E-state index is 0. The SMILES string of the molecule is CCC(CC)(CNC(=NC)NCC(=O)N(C)CCc1ccccn1)c1ccccc1.I. The van der Waals surface area contributed by atoms with E-state index in [-0.39, 0.29) is 41.8 Å². The average molecular weight is 537 g/mol. The lowest BCUT2D eigenvalue weighted by molar-refractivity contribution is -0.128. The van der Waals surface area contributed by atoms with Crippen LogP contribution in [0.3, 0.4) is 0 Å². The number of nitrogens with one attached hydrogen (secondary N) is 2. The zero-order valence-corrected chi connectivity index (χ0v) is 21.4. The fraction of sp³-hybridized carbons (Fsp3) is 0.458. The second-order valence-electron chi connectivity index (χ2n) is 7.52. The smallest absolute Gasteiger partial charge is 0.241 e. The minimum absolute atomic E-state index is 0. The first kappa shape index (κ1) is 26.9. The van der Waals surface area contributed by atoms with E-state index in [1.807, 2.05) is 31.3 Å². The van der Waals surface area contributed by atoms with Crippen LogP contribution in [-0.4, -0.2) is 55.5 Å². The zero-order chi connectivity index (χ0) is 21.8. The lowest BCUT2D eigenvalue weighted by Gasteiger charge is -2.33. The molecule has 0 aliphatic carbocycles. The van der Waals surface area contributed by atoms with E-state index < -0.39 is 0 Å². The maximum Gasteiger partial charge on any atom is 0.241 e. The highest BCUT2D eigenvalue weighted by Crippen LogP contribution is 2.30. The highest BCUT2D eigenvalue weighted by atomic mass is 127. The molecule has 6 nitrogen and oxygen atoms in total. The topological polar surface area (TPSA) is 69.6 Å². The number of carbonyl (C=O) groups is 1. The Hall–Kier alpha value is -2.16. The summed E-state index contributed by atoms with van der Waals surface area (Å²) < 4.78 is 0. The van der Waals surface area contributed by atoms with Crippen molar-refractivity contribution in [3.05, 3.63) is 66.0 Å². The Morgan fingerprint density at radius 2 is 1.74 bits per heavy atom. The van der Waals surface area contributed by atoms with Gasteiger partial charge in [-0.25, -0.2) is 0 Å². The lowest BCUT2D eigenvalue weighted by Crippen LogP contribution is -2.48. The summed E-state index contributed by atoms with van der Waals surface area (Å²) in [6.07, 6.45) is 4.55. The van der Waals surface area contributed by atoms with Crippen LogP contribution in [0.4, 0.5) is 0 Å².